The lowest BCUT2D eigenvalue weighted by Crippen LogP contribution is -2.22. The van der Waals surface area contributed by atoms with Crippen molar-refractivity contribution in [2.75, 3.05) is 0 Å². The highest BCUT2D eigenvalue weighted by Gasteiger charge is 2.03. The number of benzene rings is 1. The van der Waals surface area contributed by atoms with E-state index in [1.807, 2.05) is 0 Å². The predicted molar refractivity (Wildman–Crippen MR) is 84.1 cm³/mol. The Balaban J connectivity index is 2.18. The third kappa shape index (κ3) is 7.40. The Morgan fingerprint density at radius 3 is 2.67 bits per heavy atom. The first-order chi connectivity index (χ1) is 9.99. The van der Waals surface area contributed by atoms with Crippen LogP contribution in [0.5, 0.6) is 11.5 Å². The Morgan fingerprint density at radius 2 is 2.00 bits per heavy atom. The number of hydrogen-bond donors (Lipinski definition) is 3. The maximum absolute atomic E-state index is 11.7. The number of unbranched alkanes of at least 4 members (excludes halogenated alkanes) is 2. The van der Waals surface area contributed by atoms with E-state index in [-0.39, 0.29) is 17.4 Å². The second-order valence-corrected chi connectivity index (χ2v) is 5.52. The highest BCUT2D eigenvalue weighted by atomic mass is 16.3. The monoisotopic (exact) mass is 291 g/mol. The number of amides is 1. The maximum Gasteiger partial charge on any atom is 0.220 e. The number of nitrogens with one attached hydrogen (secondary N) is 1. The SMILES string of the molecule is CC(C)C=CCCCCC(=O)NCc1ccc(O)c(O)c1. The summed E-state index contributed by atoms with van der Waals surface area (Å²) in [5.41, 5.74) is 0.763. The minimum absolute atomic E-state index is 0.00963. The molecule has 4 heteroatoms. The number of phenolic OH excluding ortho intramolecular Hbond substituents is 2. The summed E-state index contributed by atoms with van der Waals surface area (Å²) < 4.78 is 0. The normalized spacial score (nSPS) is 11.2. The van der Waals surface area contributed by atoms with Gasteiger partial charge < -0.3 is 15.5 Å². The number of phenols is 2. The molecule has 21 heavy (non-hydrogen) atoms. The van der Waals surface area contributed by atoms with Gasteiger partial charge in [0, 0.05) is 13.0 Å². The first kappa shape index (κ1) is 17.1. The molecule has 1 aromatic rings. The van der Waals surface area contributed by atoms with Crippen LogP contribution in [0.2, 0.25) is 0 Å². The van der Waals surface area contributed by atoms with E-state index in [9.17, 15) is 15.0 Å². The third-order valence-corrected chi connectivity index (χ3v) is 3.08. The highest BCUT2D eigenvalue weighted by Crippen LogP contribution is 2.24. The third-order valence-electron chi connectivity index (χ3n) is 3.08. The van der Waals surface area contributed by atoms with Crippen LogP contribution in [0.3, 0.4) is 0 Å². The van der Waals surface area contributed by atoms with Gasteiger partial charge in [0.25, 0.3) is 0 Å². The fourth-order valence-electron chi connectivity index (χ4n) is 1.88. The first-order valence-electron chi connectivity index (χ1n) is 7.43. The lowest BCUT2D eigenvalue weighted by molar-refractivity contribution is -0.121. The van der Waals surface area contributed by atoms with Crippen LogP contribution in [0, 0.1) is 5.92 Å². The molecule has 0 spiro atoms. The molecular formula is C17H25NO3. The Hall–Kier alpha value is -1.97. The fraction of sp³-hybridized carbons (Fsp3) is 0.471. The van der Waals surface area contributed by atoms with E-state index in [0.29, 0.717) is 18.9 Å². The molecule has 116 valence electrons. The van der Waals surface area contributed by atoms with Crippen LogP contribution in [0.4, 0.5) is 0 Å². The molecule has 0 aliphatic carbocycles. The Bertz CT molecular complexity index is 481. The molecule has 3 N–H and O–H groups in total. The zero-order chi connectivity index (χ0) is 15.7. The number of rotatable bonds is 8. The summed E-state index contributed by atoms with van der Waals surface area (Å²) in [6, 6.07) is 4.54. The number of carbonyl (C=O) groups excluding carboxylic acids is 1. The van der Waals surface area contributed by atoms with Crippen molar-refractivity contribution in [2.24, 2.45) is 5.92 Å². The van der Waals surface area contributed by atoms with Gasteiger partial charge in [-0.25, -0.2) is 0 Å². The van der Waals surface area contributed by atoms with Crippen LogP contribution in [0.25, 0.3) is 0 Å². The van der Waals surface area contributed by atoms with Crippen molar-refractivity contribution in [3.05, 3.63) is 35.9 Å². The van der Waals surface area contributed by atoms with Gasteiger partial charge in [-0.2, -0.15) is 0 Å². The van der Waals surface area contributed by atoms with E-state index in [0.717, 1.165) is 24.8 Å². The van der Waals surface area contributed by atoms with Crippen molar-refractivity contribution < 1.29 is 15.0 Å². The molecule has 0 aliphatic rings. The van der Waals surface area contributed by atoms with Gasteiger partial charge >= 0.3 is 0 Å². The number of allylic oxidation sites excluding steroid dienone is 2. The van der Waals surface area contributed by atoms with Crippen molar-refractivity contribution >= 4 is 5.91 Å². The molecule has 4 nitrogen and oxygen atoms in total. The van der Waals surface area contributed by atoms with Crippen LogP contribution in [-0.4, -0.2) is 16.1 Å². The van der Waals surface area contributed by atoms with Crippen LogP contribution >= 0.6 is 0 Å². The molecule has 1 amide bonds. The van der Waals surface area contributed by atoms with Crippen molar-refractivity contribution in [2.45, 2.75) is 46.1 Å². The average molecular weight is 291 g/mol. The molecule has 0 aromatic heterocycles. The Morgan fingerprint density at radius 1 is 1.24 bits per heavy atom. The maximum atomic E-state index is 11.7. The first-order valence-corrected chi connectivity index (χ1v) is 7.43. The summed E-state index contributed by atoms with van der Waals surface area (Å²) in [7, 11) is 0. The van der Waals surface area contributed by atoms with Gasteiger partial charge in [-0.05, 0) is 42.9 Å². The van der Waals surface area contributed by atoms with Gasteiger partial charge in [0.15, 0.2) is 11.5 Å². The van der Waals surface area contributed by atoms with Crippen molar-refractivity contribution in [1.29, 1.82) is 0 Å². The van der Waals surface area contributed by atoms with Gasteiger partial charge in [0.2, 0.25) is 5.91 Å². The highest BCUT2D eigenvalue weighted by molar-refractivity contribution is 5.75. The van der Waals surface area contributed by atoms with E-state index >= 15 is 0 Å². The van der Waals surface area contributed by atoms with Gasteiger partial charge in [0.1, 0.15) is 0 Å². The van der Waals surface area contributed by atoms with Crippen LogP contribution in [-0.2, 0) is 11.3 Å². The second kappa shape index (κ2) is 9.06. The van der Waals surface area contributed by atoms with Gasteiger partial charge in [0.05, 0.1) is 0 Å². The number of aromatic hydroxyl groups is 2. The standard InChI is InChI=1S/C17H25NO3/c1-13(2)7-5-3-4-6-8-17(21)18-12-14-9-10-15(19)16(20)11-14/h5,7,9-11,13,19-20H,3-4,6,8,12H2,1-2H3,(H,18,21). The summed E-state index contributed by atoms with van der Waals surface area (Å²) in [6.07, 6.45) is 7.75. The Labute approximate surface area is 126 Å². The zero-order valence-electron chi connectivity index (χ0n) is 12.8. The van der Waals surface area contributed by atoms with Crippen LogP contribution < -0.4 is 5.32 Å². The van der Waals surface area contributed by atoms with Gasteiger partial charge in [-0.1, -0.05) is 32.1 Å². The molecule has 1 rings (SSSR count). The molecule has 0 aliphatic heterocycles. The largest absolute Gasteiger partial charge is 0.504 e. The minimum Gasteiger partial charge on any atom is -0.504 e. The molecule has 0 radical (unpaired) electrons. The quantitative estimate of drug-likeness (QED) is 0.390. The van der Waals surface area contributed by atoms with Crippen LogP contribution in [0.15, 0.2) is 30.4 Å². The summed E-state index contributed by atoms with van der Waals surface area (Å²) in [5, 5.41) is 21.4. The molecule has 0 saturated carbocycles. The summed E-state index contributed by atoms with van der Waals surface area (Å²) in [6.45, 7) is 4.65. The van der Waals surface area contributed by atoms with Crippen LogP contribution in [0.1, 0.15) is 45.1 Å². The van der Waals surface area contributed by atoms with Crippen molar-refractivity contribution in [1.82, 2.24) is 5.32 Å². The minimum atomic E-state index is -0.168. The molecule has 0 fully saturated rings. The smallest absolute Gasteiger partial charge is 0.220 e. The lowest BCUT2D eigenvalue weighted by atomic mass is 10.1. The zero-order valence-corrected chi connectivity index (χ0v) is 12.8. The number of carbonyl (C=O) groups is 1. The molecule has 0 unspecified atom stereocenters. The molecule has 0 bridgehead atoms. The summed E-state index contributed by atoms with van der Waals surface area (Å²) >= 11 is 0. The molecule has 0 saturated heterocycles. The molecular weight excluding hydrogens is 266 g/mol. The molecule has 0 heterocycles. The predicted octanol–water partition coefficient (Wildman–Crippen LogP) is 3.49. The average Bonchev–Trinajstić information content (AvgIpc) is 2.43. The lowest BCUT2D eigenvalue weighted by Gasteiger charge is -2.06. The van der Waals surface area contributed by atoms with Crippen molar-refractivity contribution in [3.8, 4) is 11.5 Å². The van der Waals surface area contributed by atoms with E-state index in [2.05, 4.69) is 31.3 Å². The summed E-state index contributed by atoms with van der Waals surface area (Å²) in [4.78, 5) is 11.7. The molecule has 0 atom stereocenters. The fourth-order valence-corrected chi connectivity index (χ4v) is 1.88. The topological polar surface area (TPSA) is 69.6 Å². The van der Waals surface area contributed by atoms with Crippen molar-refractivity contribution in [3.63, 3.8) is 0 Å². The van der Waals surface area contributed by atoms with E-state index in [4.69, 9.17) is 0 Å². The molecule has 1 aromatic carbocycles. The number of hydrogen-bond acceptors (Lipinski definition) is 3. The van der Waals surface area contributed by atoms with Gasteiger partial charge in [-0.3, -0.25) is 4.79 Å². The van der Waals surface area contributed by atoms with E-state index in [1.54, 1.807) is 6.07 Å². The summed E-state index contributed by atoms with van der Waals surface area (Å²) in [5.74, 6) is 0.267. The van der Waals surface area contributed by atoms with E-state index in [1.165, 1.54) is 12.1 Å². The van der Waals surface area contributed by atoms with Gasteiger partial charge in [-0.15, -0.1) is 0 Å². The van der Waals surface area contributed by atoms with E-state index < -0.39 is 0 Å². The second-order valence-electron chi connectivity index (χ2n) is 5.52. The Kier molecular flexibility index (Phi) is 7.37.